The first kappa shape index (κ1) is 12.9. The van der Waals surface area contributed by atoms with Crippen molar-refractivity contribution in [1.82, 2.24) is 4.31 Å². The highest BCUT2D eigenvalue weighted by atomic mass is 32.2. The molecule has 2 N–H and O–H groups in total. The molecule has 1 rings (SSSR count). The first-order valence-electron chi connectivity index (χ1n) is 4.80. The van der Waals surface area contributed by atoms with Crippen molar-refractivity contribution in [2.45, 2.75) is 24.8 Å². The third-order valence-electron chi connectivity index (χ3n) is 2.36. The van der Waals surface area contributed by atoms with Crippen molar-refractivity contribution in [3.05, 3.63) is 24.0 Å². The molecule has 0 fully saturated rings. The number of anilines is 1. The number of benzene rings is 1. The lowest BCUT2D eigenvalue weighted by Crippen LogP contribution is -2.34. The van der Waals surface area contributed by atoms with Gasteiger partial charge in [-0.15, -0.1) is 0 Å². The summed E-state index contributed by atoms with van der Waals surface area (Å²) in [5.74, 6) is -0.826. The van der Waals surface area contributed by atoms with E-state index in [2.05, 4.69) is 0 Å². The number of hydrogen-bond donors (Lipinski definition) is 1. The third kappa shape index (κ3) is 2.17. The van der Waals surface area contributed by atoms with Gasteiger partial charge in [0, 0.05) is 13.1 Å². The molecule has 0 heterocycles. The van der Waals surface area contributed by atoms with E-state index >= 15 is 0 Å². The predicted molar refractivity (Wildman–Crippen MR) is 60.9 cm³/mol. The van der Waals surface area contributed by atoms with Gasteiger partial charge >= 0.3 is 0 Å². The Morgan fingerprint density at radius 3 is 2.38 bits per heavy atom. The summed E-state index contributed by atoms with van der Waals surface area (Å²) >= 11 is 0. The first-order chi connectivity index (χ1) is 7.28. The smallest absolute Gasteiger partial charge is 0.248 e. The predicted octanol–water partition coefficient (Wildman–Crippen LogP) is 1.44. The van der Waals surface area contributed by atoms with E-state index in [9.17, 15) is 12.8 Å². The standard InChI is InChI=1S/C10H15FN2O2S/c1-7(2)13(3)16(14,15)10-8(11)5-4-6-9(10)12/h4-7H,12H2,1-3H3. The molecule has 0 unspecified atom stereocenters. The molecule has 0 aliphatic carbocycles. The topological polar surface area (TPSA) is 63.4 Å². The summed E-state index contributed by atoms with van der Waals surface area (Å²) in [6.07, 6.45) is 0. The van der Waals surface area contributed by atoms with Gasteiger partial charge < -0.3 is 5.73 Å². The van der Waals surface area contributed by atoms with E-state index in [4.69, 9.17) is 5.73 Å². The Kier molecular flexibility index (Phi) is 3.54. The normalized spacial score (nSPS) is 12.4. The van der Waals surface area contributed by atoms with E-state index in [1.807, 2.05) is 0 Å². The molecule has 0 spiro atoms. The van der Waals surface area contributed by atoms with Crippen LogP contribution < -0.4 is 5.73 Å². The number of nitrogens with zero attached hydrogens (tertiary/aromatic N) is 1. The fraction of sp³-hybridized carbons (Fsp3) is 0.400. The minimum absolute atomic E-state index is 0.0764. The van der Waals surface area contributed by atoms with E-state index < -0.39 is 20.7 Å². The molecule has 0 aliphatic heterocycles. The van der Waals surface area contributed by atoms with Crippen LogP contribution in [0.5, 0.6) is 0 Å². The van der Waals surface area contributed by atoms with E-state index in [0.29, 0.717) is 0 Å². The van der Waals surface area contributed by atoms with Gasteiger partial charge in [-0.2, -0.15) is 4.31 Å². The van der Waals surface area contributed by atoms with Crippen LogP contribution in [0.15, 0.2) is 23.1 Å². The fourth-order valence-corrected chi connectivity index (χ4v) is 2.74. The Morgan fingerprint density at radius 2 is 1.94 bits per heavy atom. The summed E-state index contributed by atoms with van der Waals surface area (Å²) in [7, 11) is -2.47. The second-order valence-corrected chi connectivity index (χ2v) is 5.71. The molecule has 90 valence electrons. The second kappa shape index (κ2) is 4.39. The lowest BCUT2D eigenvalue weighted by atomic mass is 10.3. The average molecular weight is 246 g/mol. The van der Waals surface area contributed by atoms with Gasteiger partial charge in [0.15, 0.2) is 0 Å². The van der Waals surface area contributed by atoms with Crippen molar-refractivity contribution < 1.29 is 12.8 Å². The molecule has 1 aromatic rings. The Hall–Kier alpha value is -1.14. The summed E-state index contributed by atoms with van der Waals surface area (Å²) in [4.78, 5) is -0.453. The highest BCUT2D eigenvalue weighted by molar-refractivity contribution is 7.89. The van der Waals surface area contributed by atoms with E-state index in [1.165, 1.54) is 19.2 Å². The molecule has 6 heteroatoms. The van der Waals surface area contributed by atoms with Crippen LogP contribution in [0.3, 0.4) is 0 Å². The SMILES string of the molecule is CC(C)N(C)S(=O)(=O)c1c(N)cccc1F. The van der Waals surface area contributed by atoms with Crippen LogP contribution in [-0.2, 0) is 10.0 Å². The molecule has 4 nitrogen and oxygen atoms in total. The molecule has 16 heavy (non-hydrogen) atoms. The van der Waals surface area contributed by atoms with Gasteiger partial charge in [-0.25, -0.2) is 12.8 Å². The number of sulfonamides is 1. The maximum atomic E-state index is 13.5. The van der Waals surface area contributed by atoms with Crippen molar-refractivity contribution in [2.24, 2.45) is 0 Å². The molecule has 0 atom stereocenters. The van der Waals surface area contributed by atoms with Crippen LogP contribution in [0.2, 0.25) is 0 Å². The van der Waals surface area contributed by atoms with Crippen molar-refractivity contribution in [1.29, 1.82) is 0 Å². The molecule has 0 aromatic heterocycles. The highest BCUT2D eigenvalue weighted by Crippen LogP contribution is 2.25. The van der Waals surface area contributed by atoms with Crippen LogP contribution in [0.25, 0.3) is 0 Å². The van der Waals surface area contributed by atoms with Gasteiger partial charge in [0.1, 0.15) is 10.7 Å². The van der Waals surface area contributed by atoms with Gasteiger partial charge in [0.2, 0.25) is 10.0 Å². The first-order valence-corrected chi connectivity index (χ1v) is 6.24. The number of rotatable bonds is 3. The maximum absolute atomic E-state index is 13.5. The molecule has 1 aromatic carbocycles. The van der Waals surface area contributed by atoms with Crippen LogP contribution in [-0.4, -0.2) is 25.8 Å². The van der Waals surface area contributed by atoms with Crippen LogP contribution in [0.4, 0.5) is 10.1 Å². The van der Waals surface area contributed by atoms with Crippen molar-refractivity contribution >= 4 is 15.7 Å². The van der Waals surface area contributed by atoms with Gasteiger partial charge in [-0.05, 0) is 26.0 Å². The van der Waals surface area contributed by atoms with Crippen molar-refractivity contribution in [3.63, 3.8) is 0 Å². The van der Waals surface area contributed by atoms with Crippen molar-refractivity contribution in [2.75, 3.05) is 12.8 Å². The molecule has 0 saturated heterocycles. The number of hydrogen-bond acceptors (Lipinski definition) is 3. The zero-order chi connectivity index (χ0) is 12.5. The summed E-state index contributed by atoms with van der Waals surface area (Å²) in [6.45, 7) is 3.41. The van der Waals surface area contributed by atoms with E-state index in [0.717, 1.165) is 10.4 Å². The summed E-state index contributed by atoms with van der Waals surface area (Å²) in [5.41, 5.74) is 5.42. The third-order valence-corrected chi connectivity index (χ3v) is 4.49. The highest BCUT2D eigenvalue weighted by Gasteiger charge is 2.28. The van der Waals surface area contributed by atoms with E-state index in [1.54, 1.807) is 13.8 Å². The molecule has 0 bridgehead atoms. The molecular formula is C10H15FN2O2S. The van der Waals surface area contributed by atoms with Gasteiger partial charge in [0.05, 0.1) is 5.69 Å². The quantitative estimate of drug-likeness (QED) is 0.821. The number of nitrogens with two attached hydrogens (primary N) is 1. The van der Waals surface area contributed by atoms with Crippen LogP contribution in [0, 0.1) is 5.82 Å². The fourth-order valence-electron chi connectivity index (χ4n) is 1.22. The second-order valence-electron chi connectivity index (χ2n) is 3.77. The lowest BCUT2D eigenvalue weighted by Gasteiger charge is -2.21. The van der Waals surface area contributed by atoms with Gasteiger partial charge in [0.25, 0.3) is 0 Å². The van der Waals surface area contributed by atoms with Gasteiger partial charge in [-0.1, -0.05) is 6.07 Å². The van der Waals surface area contributed by atoms with Crippen LogP contribution >= 0.6 is 0 Å². The molecule has 0 radical (unpaired) electrons. The Balaban J connectivity index is 3.39. The monoisotopic (exact) mass is 246 g/mol. The molecule has 0 aliphatic rings. The van der Waals surface area contributed by atoms with E-state index in [-0.39, 0.29) is 11.7 Å². The molecule has 0 saturated carbocycles. The molecule has 0 amide bonds. The Morgan fingerprint density at radius 1 is 1.38 bits per heavy atom. The zero-order valence-corrected chi connectivity index (χ0v) is 10.3. The minimum atomic E-state index is -3.87. The zero-order valence-electron chi connectivity index (χ0n) is 9.44. The number of nitrogen functional groups attached to an aromatic ring is 1. The average Bonchev–Trinajstić information content (AvgIpc) is 2.15. The largest absolute Gasteiger partial charge is 0.398 e. The summed E-state index contributed by atoms with van der Waals surface area (Å²) < 4.78 is 38.6. The Labute approximate surface area is 94.9 Å². The van der Waals surface area contributed by atoms with Crippen LogP contribution in [0.1, 0.15) is 13.8 Å². The Bertz CT molecular complexity index is 465. The minimum Gasteiger partial charge on any atom is -0.398 e. The summed E-state index contributed by atoms with van der Waals surface area (Å²) in [6, 6.07) is 3.56. The molecular weight excluding hydrogens is 231 g/mol. The summed E-state index contributed by atoms with van der Waals surface area (Å²) in [5, 5.41) is 0. The lowest BCUT2D eigenvalue weighted by molar-refractivity contribution is 0.407. The van der Waals surface area contributed by atoms with Crippen molar-refractivity contribution in [3.8, 4) is 0 Å². The maximum Gasteiger partial charge on any atom is 0.248 e. The van der Waals surface area contributed by atoms with Gasteiger partial charge in [-0.3, -0.25) is 0 Å². The number of halogens is 1.